The number of rotatable bonds is 5. The van der Waals surface area contributed by atoms with Crippen LogP contribution in [-0.4, -0.2) is 21.3 Å². The summed E-state index contributed by atoms with van der Waals surface area (Å²) in [7, 11) is -1.81. The highest BCUT2D eigenvalue weighted by molar-refractivity contribution is 9.10. The Labute approximate surface area is 133 Å². The second-order valence-electron chi connectivity index (χ2n) is 4.60. The molecule has 2 aromatic carbocycles. The van der Waals surface area contributed by atoms with Gasteiger partial charge in [-0.3, -0.25) is 0 Å². The lowest BCUT2D eigenvalue weighted by Gasteiger charge is -2.08. The molecule has 0 saturated heterocycles. The molecule has 0 radical (unpaired) electrons. The van der Waals surface area contributed by atoms with Gasteiger partial charge in [-0.15, -0.1) is 0 Å². The van der Waals surface area contributed by atoms with Gasteiger partial charge in [0.1, 0.15) is 5.75 Å². The van der Waals surface area contributed by atoms with E-state index in [-0.39, 0.29) is 16.3 Å². The van der Waals surface area contributed by atoms with Gasteiger partial charge in [0.05, 0.1) is 23.4 Å². The normalized spacial score (nSPS) is 11.3. The molecule has 21 heavy (non-hydrogen) atoms. The van der Waals surface area contributed by atoms with E-state index in [0.29, 0.717) is 6.42 Å². The number of sulfone groups is 1. The number of nitrogen functional groups attached to an aromatic ring is 1. The zero-order chi connectivity index (χ0) is 15.5. The van der Waals surface area contributed by atoms with Crippen LogP contribution in [0.15, 0.2) is 51.8 Å². The maximum absolute atomic E-state index is 12.3. The lowest BCUT2D eigenvalue weighted by atomic mass is 10.2. The van der Waals surface area contributed by atoms with Crippen LogP contribution in [0, 0.1) is 0 Å². The highest BCUT2D eigenvalue weighted by atomic mass is 79.9. The summed E-state index contributed by atoms with van der Waals surface area (Å²) in [6, 6.07) is 12.2. The van der Waals surface area contributed by atoms with Gasteiger partial charge in [-0.05, 0) is 42.3 Å². The van der Waals surface area contributed by atoms with Crippen LogP contribution in [-0.2, 0) is 16.3 Å². The van der Waals surface area contributed by atoms with Crippen molar-refractivity contribution in [2.75, 3.05) is 18.6 Å². The number of halogens is 1. The number of anilines is 1. The maximum atomic E-state index is 12.3. The molecule has 0 unspecified atom stereocenters. The summed E-state index contributed by atoms with van der Waals surface area (Å²) in [5, 5.41) is 0. The molecule has 2 N–H and O–H groups in total. The number of ether oxygens (including phenoxy) is 1. The monoisotopic (exact) mass is 369 g/mol. The van der Waals surface area contributed by atoms with Crippen LogP contribution in [0.5, 0.6) is 5.75 Å². The molecule has 0 aliphatic heterocycles. The molecule has 0 bridgehead atoms. The maximum Gasteiger partial charge on any atom is 0.180 e. The fraction of sp³-hybridized carbons (Fsp3) is 0.200. The smallest absolute Gasteiger partial charge is 0.180 e. The van der Waals surface area contributed by atoms with Crippen molar-refractivity contribution in [3.8, 4) is 5.75 Å². The third-order valence-electron chi connectivity index (χ3n) is 3.13. The van der Waals surface area contributed by atoms with Gasteiger partial charge >= 0.3 is 0 Å². The van der Waals surface area contributed by atoms with Crippen LogP contribution >= 0.6 is 15.9 Å². The summed E-state index contributed by atoms with van der Waals surface area (Å²) in [6.45, 7) is 0. The van der Waals surface area contributed by atoms with Crippen molar-refractivity contribution in [2.24, 2.45) is 0 Å². The minimum atomic E-state index is -3.40. The molecule has 0 amide bonds. The molecule has 4 nitrogen and oxygen atoms in total. The van der Waals surface area contributed by atoms with Crippen molar-refractivity contribution < 1.29 is 13.2 Å². The summed E-state index contributed by atoms with van der Waals surface area (Å²) in [6.07, 6.45) is 0.432. The second kappa shape index (κ2) is 6.49. The van der Waals surface area contributed by atoms with Crippen LogP contribution in [0.4, 0.5) is 5.69 Å². The average Bonchev–Trinajstić information content (AvgIpc) is 2.45. The molecule has 6 heteroatoms. The van der Waals surface area contributed by atoms with Gasteiger partial charge in [-0.1, -0.05) is 28.1 Å². The fourth-order valence-electron chi connectivity index (χ4n) is 1.96. The molecule has 2 rings (SSSR count). The van der Waals surface area contributed by atoms with E-state index in [4.69, 9.17) is 10.5 Å². The number of nitrogens with two attached hydrogens (primary N) is 1. The summed E-state index contributed by atoms with van der Waals surface area (Å²) in [5.74, 6) is 0.768. The number of hydrogen-bond donors (Lipinski definition) is 1. The average molecular weight is 370 g/mol. The summed E-state index contributed by atoms with van der Waals surface area (Å²) in [5.41, 5.74) is 6.99. The third kappa shape index (κ3) is 3.98. The van der Waals surface area contributed by atoms with Crippen molar-refractivity contribution in [3.63, 3.8) is 0 Å². The Hall–Kier alpha value is -1.53. The highest BCUT2D eigenvalue weighted by Gasteiger charge is 2.17. The topological polar surface area (TPSA) is 69.4 Å². The minimum absolute atomic E-state index is 0.0190. The van der Waals surface area contributed by atoms with Crippen LogP contribution in [0.2, 0.25) is 0 Å². The Morgan fingerprint density at radius 3 is 2.38 bits per heavy atom. The Kier molecular flexibility index (Phi) is 4.90. The molecule has 2 aromatic rings. The first-order valence-corrected chi connectivity index (χ1v) is 8.77. The molecule has 0 saturated carbocycles. The molecule has 0 atom stereocenters. The first kappa shape index (κ1) is 15.9. The van der Waals surface area contributed by atoms with E-state index in [1.807, 2.05) is 24.3 Å². The Bertz CT molecular complexity index is 727. The fourth-order valence-corrected chi connectivity index (χ4v) is 3.75. The third-order valence-corrected chi connectivity index (χ3v) is 5.40. The van der Waals surface area contributed by atoms with E-state index >= 15 is 0 Å². The van der Waals surface area contributed by atoms with E-state index in [2.05, 4.69) is 15.9 Å². The first-order valence-electron chi connectivity index (χ1n) is 6.33. The van der Waals surface area contributed by atoms with Crippen molar-refractivity contribution in [3.05, 3.63) is 52.5 Å². The second-order valence-corrected chi connectivity index (χ2v) is 7.59. The number of hydrogen-bond acceptors (Lipinski definition) is 4. The number of methoxy groups -OCH3 is 1. The van der Waals surface area contributed by atoms with E-state index in [9.17, 15) is 8.42 Å². The van der Waals surface area contributed by atoms with Crippen molar-refractivity contribution >= 4 is 31.5 Å². The zero-order valence-electron chi connectivity index (χ0n) is 11.5. The Morgan fingerprint density at radius 1 is 1.14 bits per heavy atom. The van der Waals surface area contributed by atoms with E-state index in [1.165, 1.54) is 6.07 Å². The minimum Gasteiger partial charge on any atom is -0.497 e. The van der Waals surface area contributed by atoms with Gasteiger partial charge in [-0.2, -0.15) is 0 Å². The van der Waals surface area contributed by atoms with Crippen LogP contribution < -0.4 is 10.5 Å². The molecule has 0 fully saturated rings. The summed E-state index contributed by atoms with van der Waals surface area (Å²) in [4.78, 5) is 0.180. The molecule has 0 aliphatic rings. The molecule has 0 spiro atoms. The standard InChI is InChI=1S/C15H16BrNO3S/c1-20-13-5-2-11(3-6-13)8-9-21(18,19)15-7-4-12(16)10-14(15)17/h2-7,10H,8-9,17H2,1H3. The van der Waals surface area contributed by atoms with Crippen LogP contribution in [0.3, 0.4) is 0 Å². The molecule has 0 aromatic heterocycles. The van der Waals surface area contributed by atoms with Gasteiger partial charge in [0.2, 0.25) is 0 Å². The lowest BCUT2D eigenvalue weighted by Crippen LogP contribution is -2.11. The van der Waals surface area contributed by atoms with Crippen LogP contribution in [0.1, 0.15) is 5.56 Å². The van der Waals surface area contributed by atoms with Crippen molar-refractivity contribution in [1.82, 2.24) is 0 Å². The molecular formula is C15H16BrNO3S. The molecule has 112 valence electrons. The van der Waals surface area contributed by atoms with E-state index in [0.717, 1.165) is 15.8 Å². The van der Waals surface area contributed by atoms with Crippen LogP contribution in [0.25, 0.3) is 0 Å². The van der Waals surface area contributed by atoms with Gasteiger partial charge in [0, 0.05) is 4.47 Å². The SMILES string of the molecule is COc1ccc(CCS(=O)(=O)c2ccc(Br)cc2N)cc1. The van der Waals surface area contributed by atoms with Crippen molar-refractivity contribution in [1.29, 1.82) is 0 Å². The summed E-state index contributed by atoms with van der Waals surface area (Å²) >= 11 is 3.27. The van der Waals surface area contributed by atoms with Gasteiger partial charge < -0.3 is 10.5 Å². The van der Waals surface area contributed by atoms with E-state index in [1.54, 1.807) is 19.2 Å². The molecular weight excluding hydrogens is 354 g/mol. The zero-order valence-corrected chi connectivity index (χ0v) is 13.9. The van der Waals surface area contributed by atoms with E-state index < -0.39 is 9.84 Å². The first-order chi connectivity index (χ1) is 9.92. The Balaban J connectivity index is 2.13. The largest absolute Gasteiger partial charge is 0.497 e. The number of aryl methyl sites for hydroxylation is 1. The lowest BCUT2D eigenvalue weighted by molar-refractivity contribution is 0.414. The molecule has 0 aliphatic carbocycles. The van der Waals surface area contributed by atoms with Gasteiger partial charge in [0.15, 0.2) is 9.84 Å². The predicted octanol–water partition coefficient (Wildman–Crippen LogP) is 3.06. The summed E-state index contributed by atoms with van der Waals surface area (Å²) < 4.78 is 30.5. The Morgan fingerprint density at radius 2 is 1.81 bits per heavy atom. The highest BCUT2D eigenvalue weighted by Crippen LogP contribution is 2.24. The number of benzene rings is 2. The van der Waals surface area contributed by atoms with Gasteiger partial charge in [0.25, 0.3) is 0 Å². The van der Waals surface area contributed by atoms with Crippen molar-refractivity contribution in [2.45, 2.75) is 11.3 Å². The quantitative estimate of drug-likeness (QED) is 0.822. The van der Waals surface area contributed by atoms with Gasteiger partial charge in [-0.25, -0.2) is 8.42 Å². The predicted molar refractivity (Wildman–Crippen MR) is 87.3 cm³/mol. The molecule has 0 heterocycles.